The molecule has 13 heteroatoms. The molecule has 1 aromatic heterocycles. The van der Waals surface area contributed by atoms with Crippen LogP contribution in [0.3, 0.4) is 0 Å². The second-order valence-corrected chi connectivity index (χ2v) is 4.72. The lowest BCUT2D eigenvalue weighted by Gasteiger charge is -2.10. The molecule has 1 aromatic carbocycles. The number of rotatable bonds is 3. The smallest absolute Gasteiger partial charge is 0.333 e. The van der Waals surface area contributed by atoms with Crippen LogP contribution in [0.5, 0.6) is 0 Å². The van der Waals surface area contributed by atoms with Crippen molar-refractivity contribution < 1.29 is 31.8 Å². The van der Waals surface area contributed by atoms with E-state index >= 15 is 0 Å². The number of aromatic nitrogens is 2. The zero-order valence-electron chi connectivity index (χ0n) is 12.0. The Balaban J connectivity index is 2.36. The molecule has 0 aliphatic carbocycles. The number of carbonyl (C=O) groups excluding carboxylic acids is 1. The molecule has 2 aromatic rings. The molecule has 0 unspecified atom stereocenters. The average Bonchev–Trinajstić information content (AvgIpc) is 3.02. The maximum Gasteiger partial charge on any atom is 0.493 e. The number of hydrogen-bond donors (Lipinski definition) is 2. The van der Waals surface area contributed by atoms with Gasteiger partial charge in [0.1, 0.15) is 11.5 Å². The van der Waals surface area contributed by atoms with Gasteiger partial charge >= 0.3 is 12.1 Å². The third-order valence-corrected chi connectivity index (χ3v) is 2.88. The van der Waals surface area contributed by atoms with Crippen molar-refractivity contribution in [2.75, 3.05) is 0 Å². The lowest BCUT2D eigenvalue weighted by molar-refractivity contribution is -0.203. The Labute approximate surface area is 141 Å². The summed E-state index contributed by atoms with van der Waals surface area (Å²) in [6.07, 6.45) is -5.24. The van der Waals surface area contributed by atoms with Gasteiger partial charge in [-0.25, -0.2) is 18.8 Å². The van der Waals surface area contributed by atoms with E-state index < -0.39 is 23.8 Å². The fraction of sp³-hybridized carbons (Fsp3) is 0.167. The van der Waals surface area contributed by atoms with E-state index in [1.165, 1.54) is 6.07 Å². The van der Waals surface area contributed by atoms with Gasteiger partial charge in [-0.2, -0.15) is 18.7 Å². The van der Waals surface area contributed by atoms with Crippen LogP contribution in [0, 0.1) is 5.82 Å². The molecule has 0 radical (unpaired) electrons. The first-order chi connectivity index (χ1) is 11.7. The zero-order valence-corrected chi connectivity index (χ0v) is 12.7. The number of nitrogens with one attached hydrogen (secondary N) is 1. The van der Waals surface area contributed by atoms with Crippen molar-refractivity contribution in [3.8, 4) is 0 Å². The normalized spacial score (nSPS) is 12.2. The molecule has 0 aliphatic rings. The summed E-state index contributed by atoms with van der Waals surface area (Å²) < 4.78 is 54.3. The van der Waals surface area contributed by atoms with Gasteiger partial charge in [0.2, 0.25) is 0 Å². The van der Waals surface area contributed by atoms with Crippen LogP contribution in [0.25, 0.3) is 0 Å². The molecule has 0 saturated heterocycles. The van der Waals surface area contributed by atoms with Crippen LogP contribution in [0.1, 0.15) is 11.4 Å². The number of aliphatic imine (C=N–C) groups is 1. The molecule has 0 atom stereocenters. The number of hydroxylamine groups is 1. The van der Waals surface area contributed by atoms with Crippen LogP contribution < -0.4 is 11.2 Å². The standard InChI is InChI=1S/C12H8ClF4N5O3/c13-6-3-5(1-2-7(6)14)19-10(9-8(4-18)20-25-21-9)22-24-11(23)12(15,16)17/h1-3H,4,18H2,(H,19,22). The highest BCUT2D eigenvalue weighted by Crippen LogP contribution is 2.22. The number of alkyl halides is 3. The summed E-state index contributed by atoms with van der Waals surface area (Å²) >= 11 is 5.60. The maximum atomic E-state index is 13.2. The van der Waals surface area contributed by atoms with E-state index in [1.54, 1.807) is 5.48 Å². The molecule has 3 N–H and O–H groups in total. The van der Waals surface area contributed by atoms with E-state index in [0.717, 1.165) is 12.1 Å². The van der Waals surface area contributed by atoms with Gasteiger partial charge in [0.05, 0.1) is 10.7 Å². The number of carbonyl (C=O) groups is 1. The summed E-state index contributed by atoms with van der Waals surface area (Å²) in [4.78, 5) is 18.6. The maximum absolute atomic E-state index is 13.2. The van der Waals surface area contributed by atoms with Gasteiger partial charge in [-0.3, -0.25) is 0 Å². The molecule has 0 aliphatic heterocycles. The molecule has 25 heavy (non-hydrogen) atoms. The minimum absolute atomic E-state index is 0.0162. The third-order valence-electron chi connectivity index (χ3n) is 2.59. The van der Waals surface area contributed by atoms with E-state index in [9.17, 15) is 22.4 Å². The molecule has 8 nitrogen and oxygen atoms in total. The first-order valence-corrected chi connectivity index (χ1v) is 6.69. The number of nitrogens with two attached hydrogens (primary N) is 1. The molecule has 1 heterocycles. The molecule has 0 bridgehead atoms. The average molecular weight is 382 g/mol. The minimum Gasteiger partial charge on any atom is -0.333 e. The van der Waals surface area contributed by atoms with Gasteiger partial charge in [-0.1, -0.05) is 16.8 Å². The Morgan fingerprint density at radius 1 is 1.40 bits per heavy atom. The van der Waals surface area contributed by atoms with E-state index in [0.29, 0.717) is 0 Å². The highest BCUT2D eigenvalue weighted by Gasteiger charge is 2.42. The highest BCUT2D eigenvalue weighted by molar-refractivity contribution is 6.31. The SMILES string of the molecule is NCc1nonc1C(=Nc1ccc(F)c(Cl)c1)NOC(=O)C(F)(F)F. The Hall–Kier alpha value is -2.73. The predicted octanol–water partition coefficient (Wildman–Crippen LogP) is 2.01. The summed E-state index contributed by atoms with van der Waals surface area (Å²) in [6, 6.07) is 3.23. The van der Waals surface area contributed by atoms with E-state index in [4.69, 9.17) is 17.3 Å². The molecular weight excluding hydrogens is 374 g/mol. The molecular formula is C12H8ClF4N5O3. The Morgan fingerprint density at radius 3 is 2.72 bits per heavy atom. The van der Waals surface area contributed by atoms with Crippen LogP contribution in [0.4, 0.5) is 23.2 Å². The Morgan fingerprint density at radius 2 is 2.12 bits per heavy atom. The van der Waals surface area contributed by atoms with Crippen LogP contribution >= 0.6 is 11.6 Å². The number of hydrogen-bond acceptors (Lipinski definition) is 7. The minimum atomic E-state index is -5.24. The van der Waals surface area contributed by atoms with Crippen LogP contribution in [-0.4, -0.2) is 28.3 Å². The molecule has 0 spiro atoms. The van der Waals surface area contributed by atoms with Crippen LogP contribution in [0.2, 0.25) is 5.02 Å². The zero-order chi connectivity index (χ0) is 18.6. The lowest BCUT2D eigenvalue weighted by atomic mass is 10.3. The molecule has 0 saturated carbocycles. The van der Waals surface area contributed by atoms with Gasteiger partial charge < -0.3 is 10.6 Å². The molecule has 2 rings (SSSR count). The first kappa shape index (κ1) is 18.6. The van der Waals surface area contributed by atoms with Crippen LogP contribution in [-0.2, 0) is 16.2 Å². The van der Waals surface area contributed by atoms with Crippen molar-refractivity contribution in [2.45, 2.75) is 12.7 Å². The van der Waals surface area contributed by atoms with Crippen molar-refractivity contribution in [3.05, 3.63) is 40.4 Å². The van der Waals surface area contributed by atoms with E-state index in [1.807, 2.05) is 0 Å². The highest BCUT2D eigenvalue weighted by atomic mass is 35.5. The fourth-order valence-electron chi connectivity index (χ4n) is 1.48. The second kappa shape index (κ2) is 7.44. The predicted molar refractivity (Wildman–Crippen MR) is 75.1 cm³/mol. The Bertz CT molecular complexity index is 808. The van der Waals surface area contributed by atoms with Gasteiger partial charge in [0.15, 0.2) is 11.5 Å². The van der Waals surface area contributed by atoms with Gasteiger partial charge in [0.25, 0.3) is 0 Å². The van der Waals surface area contributed by atoms with Crippen LogP contribution in [0.15, 0.2) is 27.8 Å². The largest absolute Gasteiger partial charge is 0.493 e. The summed E-state index contributed by atoms with van der Waals surface area (Å²) in [7, 11) is 0. The quantitative estimate of drug-likeness (QED) is 0.361. The monoisotopic (exact) mass is 381 g/mol. The van der Waals surface area contributed by atoms with Crippen molar-refractivity contribution >= 4 is 29.1 Å². The van der Waals surface area contributed by atoms with Gasteiger partial charge in [-0.05, 0) is 23.4 Å². The third kappa shape index (κ3) is 4.64. The van der Waals surface area contributed by atoms with Gasteiger partial charge in [0, 0.05) is 6.54 Å². The topological polar surface area (TPSA) is 116 Å². The molecule has 0 amide bonds. The summed E-state index contributed by atoms with van der Waals surface area (Å²) in [5.41, 5.74) is 6.93. The lowest BCUT2D eigenvalue weighted by Crippen LogP contribution is -2.35. The summed E-state index contributed by atoms with van der Waals surface area (Å²) in [5, 5.41) is 6.56. The number of amidine groups is 1. The van der Waals surface area contributed by atoms with E-state index in [2.05, 4.69) is 24.8 Å². The van der Waals surface area contributed by atoms with Crippen molar-refractivity contribution in [3.63, 3.8) is 0 Å². The molecule has 134 valence electrons. The van der Waals surface area contributed by atoms with Crippen molar-refractivity contribution in [2.24, 2.45) is 10.7 Å². The van der Waals surface area contributed by atoms with Gasteiger partial charge in [-0.15, -0.1) is 0 Å². The second-order valence-electron chi connectivity index (χ2n) is 4.31. The van der Waals surface area contributed by atoms with Crippen molar-refractivity contribution in [1.29, 1.82) is 0 Å². The molecule has 0 fully saturated rings. The van der Waals surface area contributed by atoms with E-state index in [-0.39, 0.29) is 28.6 Å². The first-order valence-electron chi connectivity index (χ1n) is 6.32. The number of nitrogens with zero attached hydrogens (tertiary/aromatic N) is 3. The van der Waals surface area contributed by atoms with Crippen molar-refractivity contribution in [1.82, 2.24) is 15.8 Å². The summed E-state index contributed by atoms with van der Waals surface area (Å²) in [5.74, 6) is -3.74. The summed E-state index contributed by atoms with van der Waals surface area (Å²) in [6.45, 7) is -0.197. The number of benzene rings is 1. The number of halogens is 5. The fourth-order valence-corrected chi connectivity index (χ4v) is 1.66. The Kier molecular flexibility index (Phi) is 5.54.